The van der Waals surface area contributed by atoms with Gasteiger partial charge in [-0.3, -0.25) is 4.79 Å². The molecule has 0 saturated carbocycles. The molecule has 1 heterocycles. The van der Waals surface area contributed by atoms with Crippen molar-refractivity contribution in [2.24, 2.45) is 5.73 Å². The Kier molecular flexibility index (Phi) is 7.52. The number of rotatable bonds is 0. The maximum absolute atomic E-state index is 10.3. The van der Waals surface area contributed by atoms with Crippen LogP contribution in [0.25, 0.3) is 0 Å². The molecule has 3 heteroatoms. The van der Waals surface area contributed by atoms with Gasteiger partial charge >= 0.3 is 5.97 Å². The summed E-state index contributed by atoms with van der Waals surface area (Å²) in [5, 5.41) is 0. The molecule has 0 aromatic heterocycles. The molecule has 2 N–H and O–H groups in total. The third-order valence-corrected chi connectivity index (χ3v) is 2.15. The van der Waals surface area contributed by atoms with Crippen molar-refractivity contribution in [3.8, 4) is 0 Å². The molecule has 0 bridgehead atoms. The molecule has 0 spiro atoms. The van der Waals surface area contributed by atoms with E-state index in [1.54, 1.807) is 0 Å². The Labute approximate surface area is 103 Å². The number of hydrogen-bond acceptors (Lipinski definition) is 3. The molecular formula is C14H21NO2. The summed E-state index contributed by atoms with van der Waals surface area (Å²) in [6.07, 6.45) is 14.2. The number of allylic oxidation sites excluding steroid dienone is 7. The maximum atomic E-state index is 10.3. The van der Waals surface area contributed by atoms with E-state index in [4.69, 9.17) is 5.73 Å². The predicted molar refractivity (Wildman–Crippen MR) is 71.0 cm³/mol. The highest BCUT2D eigenvalue weighted by atomic mass is 16.5. The Morgan fingerprint density at radius 1 is 1.35 bits per heavy atom. The fourth-order valence-electron chi connectivity index (χ4n) is 1.28. The fourth-order valence-corrected chi connectivity index (χ4v) is 1.28. The van der Waals surface area contributed by atoms with Gasteiger partial charge in [0.15, 0.2) is 0 Å². The summed E-state index contributed by atoms with van der Waals surface area (Å²) in [6.45, 7) is 2.10. The van der Waals surface area contributed by atoms with E-state index in [-0.39, 0.29) is 13.4 Å². The summed E-state index contributed by atoms with van der Waals surface area (Å²) >= 11 is 0. The zero-order chi connectivity index (χ0) is 11.8. The van der Waals surface area contributed by atoms with Gasteiger partial charge in [-0.25, -0.2) is 0 Å². The molecule has 17 heavy (non-hydrogen) atoms. The number of cyclic esters (lactones) is 1. The molecule has 1 saturated heterocycles. The maximum Gasteiger partial charge on any atom is 0.311 e. The van der Waals surface area contributed by atoms with Crippen LogP contribution >= 0.6 is 0 Å². The third kappa shape index (κ3) is 6.40. The molecule has 1 fully saturated rings. The highest BCUT2D eigenvalue weighted by Gasteiger charge is 2.15. The first-order valence-corrected chi connectivity index (χ1v) is 5.34. The van der Waals surface area contributed by atoms with E-state index in [1.807, 2.05) is 0 Å². The third-order valence-electron chi connectivity index (χ3n) is 2.15. The fraction of sp³-hybridized carbons (Fsp3) is 0.357. The Morgan fingerprint density at radius 3 is 2.65 bits per heavy atom. The highest BCUT2D eigenvalue weighted by molar-refractivity contribution is 5.73. The van der Waals surface area contributed by atoms with Crippen LogP contribution in [0.1, 0.15) is 33.6 Å². The number of carbonyl (C=O) groups excluding carboxylic acids is 1. The van der Waals surface area contributed by atoms with Crippen LogP contribution in [0, 0.1) is 0 Å². The highest BCUT2D eigenvalue weighted by Crippen LogP contribution is 2.15. The predicted octanol–water partition coefficient (Wildman–Crippen LogP) is 3.21. The summed E-state index contributed by atoms with van der Waals surface area (Å²) in [7, 11) is 0. The van der Waals surface area contributed by atoms with E-state index in [2.05, 4.69) is 42.0 Å². The van der Waals surface area contributed by atoms with Crippen LogP contribution < -0.4 is 5.73 Å². The second-order valence-corrected chi connectivity index (χ2v) is 3.58. The van der Waals surface area contributed by atoms with Crippen LogP contribution in [-0.4, -0.2) is 5.97 Å². The van der Waals surface area contributed by atoms with Gasteiger partial charge in [0, 0.05) is 12.6 Å². The summed E-state index contributed by atoms with van der Waals surface area (Å²) < 4.78 is 4.61. The minimum atomic E-state index is -0.179. The first-order chi connectivity index (χ1) is 7.72. The van der Waals surface area contributed by atoms with Gasteiger partial charge in [-0.05, 0) is 13.3 Å². The Balaban J connectivity index is 0.000000284. The smallest absolute Gasteiger partial charge is 0.311 e. The van der Waals surface area contributed by atoms with Crippen molar-refractivity contribution in [1.29, 1.82) is 0 Å². The molecule has 0 atom stereocenters. The standard InChI is InChI=1S/C8H10.C5H7NO2.CH4/c1-8-6-4-2-3-5-7-8;6-3-4-1-2-5(7)8-4;/h2,4-7H,3H2,1H3;3H,1-2,6H2;1H4/b;4-3+;. The number of nitrogens with two attached hydrogens (primary N) is 1. The molecular weight excluding hydrogens is 214 g/mol. The Bertz CT molecular complexity index is 362. The van der Waals surface area contributed by atoms with Crippen molar-refractivity contribution in [2.45, 2.75) is 33.6 Å². The van der Waals surface area contributed by atoms with Crippen molar-refractivity contribution < 1.29 is 9.53 Å². The van der Waals surface area contributed by atoms with Crippen molar-refractivity contribution in [3.63, 3.8) is 0 Å². The first-order valence-electron chi connectivity index (χ1n) is 5.34. The molecule has 3 nitrogen and oxygen atoms in total. The average molecular weight is 235 g/mol. The second kappa shape index (κ2) is 8.39. The molecule has 0 aromatic carbocycles. The van der Waals surface area contributed by atoms with Crippen LogP contribution in [0.3, 0.4) is 0 Å². The molecule has 0 aromatic rings. The topological polar surface area (TPSA) is 52.3 Å². The van der Waals surface area contributed by atoms with Gasteiger partial charge in [-0.1, -0.05) is 43.4 Å². The second-order valence-electron chi connectivity index (χ2n) is 3.58. The van der Waals surface area contributed by atoms with Crippen molar-refractivity contribution in [2.75, 3.05) is 0 Å². The van der Waals surface area contributed by atoms with Gasteiger partial charge in [0.05, 0.1) is 6.42 Å². The number of esters is 1. The first kappa shape index (κ1) is 15.2. The van der Waals surface area contributed by atoms with E-state index in [0.717, 1.165) is 6.42 Å². The number of hydrogen-bond donors (Lipinski definition) is 1. The zero-order valence-corrected chi connectivity index (χ0v) is 9.48. The molecule has 94 valence electrons. The zero-order valence-electron chi connectivity index (χ0n) is 9.48. The molecule has 2 rings (SSSR count). The Hall–Kier alpha value is -1.77. The summed E-state index contributed by atoms with van der Waals surface area (Å²) in [5.74, 6) is 0.414. The lowest BCUT2D eigenvalue weighted by atomic mass is 10.3. The number of carbonyl (C=O) groups is 1. The summed E-state index contributed by atoms with van der Waals surface area (Å²) in [5.41, 5.74) is 6.39. The van der Waals surface area contributed by atoms with E-state index in [0.29, 0.717) is 18.6 Å². The van der Waals surface area contributed by atoms with Crippen LogP contribution in [0.15, 0.2) is 47.9 Å². The molecule has 2 aliphatic rings. The lowest BCUT2D eigenvalue weighted by molar-refractivity contribution is -0.135. The largest absolute Gasteiger partial charge is 0.430 e. The van der Waals surface area contributed by atoms with E-state index >= 15 is 0 Å². The molecule has 0 radical (unpaired) electrons. The lowest BCUT2D eigenvalue weighted by Crippen LogP contribution is -1.90. The van der Waals surface area contributed by atoms with Gasteiger partial charge in [-0.15, -0.1) is 0 Å². The summed E-state index contributed by atoms with van der Waals surface area (Å²) in [6, 6.07) is 0. The lowest BCUT2D eigenvalue weighted by Gasteiger charge is -1.88. The van der Waals surface area contributed by atoms with E-state index < -0.39 is 0 Å². The van der Waals surface area contributed by atoms with Gasteiger partial charge in [0.1, 0.15) is 5.76 Å². The minimum absolute atomic E-state index is 0. The van der Waals surface area contributed by atoms with Crippen molar-refractivity contribution >= 4 is 5.97 Å². The van der Waals surface area contributed by atoms with Crippen molar-refractivity contribution in [3.05, 3.63) is 47.9 Å². The Morgan fingerprint density at radius 2 is 2.12 bits per heavy atom. The number of ether oxygens (including phenoxy) is 1. The molecule has 1 aliphatic carbocycles. The normalized spacial score (nSPS) is 19.7. The minimum Gasteiger partial charge on any atom is -0.430 e. The van der Waals surface area contributed by atoms with Crippen LogP contribution in [0.5, 0.6) is 0 Å². The van der Waals surface area contributed by atoms with Crippen LogP contribution in [-0.2, 0) is 9.53 Å². The molecule has 0 amide bonds. The summed E-state index contributed by atoms with van der Waals surface area (Å²) in [4.78, 5) is 10.3. The monoisotopic (exact) mass is 235 g/mol. The molecule has 1 aliphatic heterocycles. The van der Waals surface area contributed by atoms with Gasteiger partial charge in [0.25, 0.3) is 0 Å². The van der Waals surface area contributed by atoms with Gasteiger partial charge in [0.2, 0.25) is 0 Å². The van der Waals surface area contributed by atoms with Gasteiger partial charge < -0.3 is 10.5 Å². The van der Waals surface area contributed by atoms with E-state index in [9.17, 15) is 4.79 Å². The molecule has 0 unspecified atom stereocenters. The van der Waals surface area contributed by atoms with Gasteiger partial charge in [-0.2, -0.15) is 0 Å². The SMILES string of the molecule is C.CC1=CC=CCC=C1.N/C=C1\CCC(=O)O1. The average Bonchev–Trinajstić information content (AvgIpc) is 2.55. The quantitative estimate of drug-likeness (QED) is 0.656. The van der Waals surface area contributed by atoms with Crippen LogP contribution in [0.2, 0.25) is 0 Å². The van der Waals surface area contributed by atoms with Crippen LogP contribution in [0.4, 0.5) is 0 Å². The van der Waals surface area contributed by atoms with Crippen molar-refractivity contribution in [1.82, 2.24) is 0 Å². The van der Waals surface area contributed by atoms with E-state index in [1.165, 1.54) is 11.8 Å².